The van der Waals surface area contributed by atoms with Gasteiger partial charge in [-0.25, -0.2) is 0 Å². The Bertz CT molecular complexity index is 327. The van der Waals surface area contributed by atoms with Gasteiger partial charge < -0.3 is 15.2 Å². The summed E-state index contributed by atoms with van der Waals surface area (Å²) < 4.78 is 6.24. The zero-order chi connectivity index (χ0) is 9.97. The van der Waals surface area contributed by atoms with Gasteiger partial charge in [0.1, 0.15) is 11.4 Å². The molecule has 0 bridgehead atoms. The molecular formula is C9H11IN2O2. The summed E-state index contributed by atoms with van der Waals surface area (Å²) in [6, 6.07) is 1.72. The number of pyridine rings is 1. The van der Waals surface area contributed by atoms with E-state index < -0.39 is 0 Å². The highest BCUT2D eigenvalue weighted by Crippen LogP contribution is 2.24. The van der Waals surface area contributed by atoms with E-state index in [2.05, 4.69) is 32.9 Å². The summed E-state index contributed by atoms with van der Waals surface area (Å²) in [6.45, 7) is 2.10. The number of nitrogens with zero attached hydrogens (tertiary/aromatic N) is 1. The van der Waals surface area contributed by atoms with E-state index in [0.29, 0.717) is 12.3 Å². The molecule has 1 fully saturated rings. The molecule has 1 aromatic rings. The minimum absolute atomic E-state index is 0.0146. The molecule has 0 radical (unpaired) electrons. The highest BCUT2D eigenvalue weighted by atomic mass is 127. The van der Waals surface area contributed by atoms with Gasteiger partial charge in [-0.3, -0.25) is 4.98 Å². The fourth-order valence-electron chi connectivity index (χ4n) is 1.45. The summed E-state index contributed by atoms with van der Waals surface area (Å²) in [5, 5.41) is 12.9. The zero-order valence-electron chi connectivity index (χ0n) is 7.53. The van der Waals surface area contributed by atoms with Crippen LogP contribution >= 0.6 is 22.6 Å². The fraction of sp³-hybridized carbons (Fsp3) is 0.444. The summed E-state index contributed by atoms with van der Waals surface area (Å²) in [5.41, 5.74) is 0.671. The number of halogens is 1. The van der Waals surface area contributed by atoms with Crippen LogP contribution in [0.5, 0.6) is 5.75 Å². The maximum atomic E-state index is 9.68. The van der Waals surface area contributed by atoms with Gasteiger partial charge in [-0.05, 0) is 28.7 Å². The summed E-state index contributed by atoms with van der Waals surface area (Å²) in [4.78, 5) is 4.20. The van der Waals surface area contributed by atoms with E-state index in [9.17, 15) is 5.11 Å². The highest BCUT2D eigenvalue weighted by molar-refractivity contribution is 14.1. The first-order valence-electron chi connectivity index (χ1n) is 4.43. The lowest BCUT2D eigenvalue weighted by Crippen LogP contribution is -2.35. The van der Waals surface area contributed by atoms with Crippen LogP contribution in [0.4, 0.5) is 0 Å². The molecule has 2 rings (SSSR count). The van der Waals surface area contributed by atoms with Crippen molar-refractivity contribution in [2.75, 3.05) is 19.8 Å². The minimum Gasteiger partial charge on any atom is -0.506 e. The van der Waals surface area contributed by atoms with Gasteiger partial charge >= 0.3 is 0 Å². The van der Waals surface area contributed by atoms with Crippen molar-refractivity contribution < 1.29 is 9.84 Å². The normalized spacial score (nSPS) is 22.2. The molecule has 1 atom stereocenters. The Balaban J connectivity index is 2.22. The van der Waals surface area contributed by atoms with Gasteiger partial charge in [0, 0.05) is 16.3 Å². The van der Waals surface area contributed by atoms with E-state index in [-0.39, 0.29) is 11.8 Å². The van der Waals surface area contributed by atoms with E-state index in [0.717, 1.165) is 16.7 Å². The van der Waals surface area contributed by atoms with Crippen molar-refractivity contribution in [3.8, 4) is 5.75 Å². The largest absolute Gasteiger partial charge is 0.506 e. The number of ether oxygens (including phenoxy) is 1. The first-order valence-corrected chi connectivity index (χ1v) is 5.51. The molecular weight excluding hydrogens is 295 g/mol. The predicted molar refractivity (Wildman–Crippen MR) is 60.2 cm³/mol. The molecule has 0 spiro atoms. The van der Waals surface area contributed by atoms with Gasteiger partial charge in [-0.15, -0.1) is 0 Å². The van der Waals surface area contributed by atoms with Crippen LogP contribution in [-0.2, 0) is 4.74 Å². The highest BCUT2D eigenvalue weighted by Gasteiger charge is 2.19. The predicted octanol–water partition coefficient (Wildman–Crippen LogP) is 1.05. The molecule has 0 amide bonds. The van der Waals surface area contributed by atoms with Crippen LogP contribution in [0.1, 0.15) is 11.7 Å². The molecule has 14 heavy (non-hydrogen) atoms. The van der Waals surface area contributed by atoms with Crippen LogP contribution in [0.3, 0.4) is 0 Å². The minimum atomic E-state index is 0.0146. The Morgan fingerprint density at radius 1 is 1.64 bits per heavy atom. The van der Waals surface area contributed by atoms with Crippen molar-refractivity contribution in [3.63, 3.8) is 0 Å². The summed E-state index contributed by atoms with van der Waals surface area (Å²) in [6.07, 6.45) is 1.74. The molecule has 1 unspecified atom stereocenters. The van der Waals surface area contributed by atoms with Crippen LogP contribution in [0.15, 0.2) is 12.3 Å². The number of hydrogen-bond acceptors (Lipinski definition) is 4. The lowest BCUT2D eigenvalue weighted by molar-refractivity contribution is 0.0747. The molecule has 0 aliphatic carbocycles. The Morgan fingerprint density at radius 3 is 3.14 bits per heavy atom. The quantitative estimate of drug-likeness (QED) is 0.762. The number of hydrogen-bond donors (Lipinski definition) is 2. The van der Waals surface area contributed by atoms with Crippen LogP contribution in [0.2, 0.25) is 0 Å². The molecule has 0 aromatic carbocycles. The molecule has 2 N–H and O–H groups in total. The Morgan fingerprint density at radius 2 is 2.50 bits per heavy atom. The van der Waals surface area contributed by atoms with Crippen LogP contribution in [0.25, 0.3) is 0 Å². The smallest absolute Gasteiger partial charge is 0.139 e. The van der Waals surface area contributed by atoms with Crippen LogP contribution in [-0.4, -0.2) is 29.8 Å². The first-order chi connectivity index (χ1) is 6.77. The van der Waals surface area contributed by atoms with Crippen molar-refractivity contribution in [2.45, 2.75) is 6.04 Å². The number of morpholine rings is 1. The van der Waals surface area contributed by atoms with E-state index in [4.69, 9.17) is 4.74 Å². The Labute approximate surface area is 95.8 Å². The Hall–Kier alpha value is -0.400. The fourth-order valence-corrected chi connectivity index (χ4v) is 1.88. The molecule has 76 valence electrons. The van der Waals surface area contributed by atoms with E-state index >= 15 is 0 Å². The average Bonchev–Trinajstić information content (AvgIpc) is 2.19. The molecule has 0 saturated carbocycles. The number of nitrogens with one attached hydrogen (secondary N) is 1. The average molecular weight is 306 g/mol. The lowest BCUT2D eigenvalue weighted by Gasteiger charge is -2.23. The van der Waals surface area contributed by atoms with Gasteiger partial charge in [0.25, 0.3) is 0 Å². The van der Waals surface area contributed by atoms with E-state index in [1.165, 1.54) is 0 Å². The molecule has 5 heteroatoms. The third-order valence-corrected chi connectivity index (χ3v) is 2.71. The maximum Gasteiger partial charge on any atom is 0.139 e. The molecule has 1 aliphatic heterocycles. The van der Waals surface area contributed by atoms with Crippen molar-refractivity contribution >= 4 is 22.6 Å². The molecule has 1 aromatic heterocycles. The van der Waals surface area contributed by atoms with Crippen molar-refractivity contribution in [1.29, 1.82) is 0 Å². The first kappa shape index (κ1) is 10.1. The zero-order valence-corrected chi connectivity index (χ0v) is 9.69. The third-order valence-electron chi connectivity index (χ3n) is 2.12. The van der Waals surface area contributed by atoms with Crippen molar-refractivity contribution in [1.82, 2.24) is 10.3 Å². The second-order valence-corrected chi connectivity index (χ2v) is 4.39. The molecule has 2 heterocycles. The third kappa shape index (κ3) is 2.15. The van der Waals surface area contributed by atoms with E-state index in [1.54, 1.807) is 12.3 Å². The maximum absolute atomic E-state index is 9.68. The van der Waals surface area contributed by atoms with Gasteiger partial charge in [-0.1, -0.05) is 0 Å². The molecule has 4 nitrogen and oxygen atoms in total. The summed E-state index contributed by atoms with van der Waals surface area (Å²) in [7, 11) is 0. The second kappa shape index (κ2) is 4.41. The molecule has 1 aliphatic rings. The van der Waals surface area contributed by atoms with Crippen molar-refractivity contribution in [3.05, 3.63) is 21.5 Å². The number of aromatic nitrogens is 1. The monoisotopic (exact) mass is 306 g/mol. The summed E-state index contributed by atoms with van der Waals surface area (Å²) >= 11 is 2.12. The van der Waals surface area contributed by atoms with Crippen molar-refractivity contribution in [2.24, 2.45) is 0 Å². The molecule has 1 saturated heterocycles. The van der Waals surface area contributed by atoms with Gasteiger partial charge in [0.15, 0.2) is 0 Å². The summed E-state index contributed by atoms with van der Waals surface area (Å²) in [5.74, 6) is 0.236. The standard InChI is InChI=1S/C9H11IN2O2/c10-6-3-8(13)9(12-4-6)7-5-14-2-1-11-7/h3-4,7,11,13H,1-2,5H2. The number of rotatable bonds is 1. The van der Waals surface area contributed by atoms with Gasteiger partial charge in [-0.2, -0.15) is 0 Å². The van der Waals surface area contributed by atoms with Gasteiger partial charge in [0.2, 0.25) is 0 Å². The number of aromatic hydroxyl groups is 1. The lowest BCUT2D eigenvalue weighted by atomic mass is 10.1. The van der Waals surface area contributed by atoms with E-state index in [1.807, 2.05) is 0 Å². The topological polar surface area (TPSA) is 54.4 Å². The SMILES string of the molecule is Oc1cc(I)cnc1C1COCCN1. The Kier molecular flexibility index (Phi) is 3.19. The second-order valence-electron chi connectivity index (χ2n) is 3.14. The van der Waals surface area contributed by atoms with Crippen LogP contribution < -0.4 is 5.32 Å². The van der Waals surface area contributed by atoms with Gasteiger partial charge in [0.05, 0.1) is 19.3 Å². The van der Waals surface area contributed by atoms with Crippen LogP contribution in [0, 0.1) is 3.57 Å².